The smallest absolute Gasteiger partial charge is 0.320 e. The molecule has 6 heteroatoms. The molecular formula is C28H32N2O4. The van der Waals surface area contributed by atoms with E-state index in [0.29, 0.717) is 18.0 Å². The van der Waals surface area contributed by atoms with Crippen molar-refractivity contribution in [1.82, 2.24) is 5.32 Å². The number of carboxylic acids is 1. The van der Waals surface area contributed by atoms with Crippen LogP contribution in [0.1, 0.15) is 41.3 Å². The third-order valence-electron chi connectivity index (χ3n) is 6.04. The van der Waals surface area contributed by atoms with E-state index in [4.69, 9.17) is 15.6 Å². The van der Waals surface area contributed by atoms with Crippen molar-refractivity contribution >= 4 is 11.9 Å². The van der Waals surface area contributed by atoms with E-state index >= 15 is 0 Å². The van der Waals surface area contributed by atoms with Crippen LogP contribution in [0, 0.1) is 5.92 Å². The molecule has 0 heterocycles. The number of ether oxygens (including phenoxy) is 1. The summed E-state index contributed by atoms with van der Waals surface area (Å²) in [6.07, 6.45) is 0.221. The Kier molecular flexibility index (Phi) is 8.44. The first-order valence-electron chi connectivity index (χ1n) is 11.4. The van der Waals surface area contributed by atoms with Gasteiger partial charge in [0.05, 0.1) is 7.11 Å². The second-order valence-electron chi connectivity index (χ2n) is 8.76. The van der Waals surface area contributed by atoms with Gasteiger partial charge in [-0.2, -0.15) is 0 Å². The number of hydrogen-bond acceptors (Lipinski definition) is 4. The molecule has 0 spiro atoms. The maximum Gasteiger partial charge on any atom is 0.320 e. The maximum absolute atomic E-state index is 12.7. The molecule has 3 aromatic carbocycles. The minimum absolute atomic E-state index is 0.158. The molecular weight excluding hydrogens is 428 g/mol. The van der Waals surface area contributed by atoms with Gasteiger partial charge >= 0.3 is 5.97 Å². The highest BCUT2D eigenvalue weighted by Gasteiger charge is 2.18. The third-order valence-corrected chi connectivity index (χ3v) is 6.04. The molecule has 4 N–H and O–H groups in total. The Morgan fingerprint density at radius 2 is 1.47 bits per heavy atom. The fourth-order valence-corrected chi connectivity index (χ4v) is 3.88. The van der Waals surface area contributed by atoms with E-state index in [-0.39, 0.29) is 18.2 Å². The molecule has 1 amide bonds. The van der Waals surface area contributed by atoms with E-state index in [2.05, 4.69) is 43.4 Å². The molecule has 6 nitrogen and oxygen atoms in total. The summed E-state index contributed by atoms with van der Waals surface area (Å²) in [4.78, 5) is 23.6. The van der Waals surface area contributed by atoms with Crippen molar-refractivity contribution in [3.63, 3.8) is 0 Å². The van der Waals surface area contributed by atoms with Crippen LogP contribution in [0.5, 0.6) is 5.75 Å². The molecule has 0 radical (unpaired) electrons. The highest BCUT2D eigenvalue weighted by atomic mass is 16.5. The Morgan fingerprint density at radius 1 is 0.912 bits per heavy atom. The highest BCUT2D eigenvalue weighted by Crippen LogP contribution is 2.28. The van der Waals surface area contributed by atoms with E-state index < -0.39 is 12.0 Å². The van der Waals surface area contributed by atoms with Gasteiger partial charge in [-0.15, -0.1) is 0 Å². The first-order valence-corrected chi connectivity index (χ1v) is 11.4. The summed E-state index contributed by atoms with van der Waals surface area (Å²) in [6, 6.07) is 22.4. The Balaban J connectivity index is 1.63. The average Bonchev–Trinajstić information content (AvgIpc) is 2.84. The maximum atomic E-state index is 12.7. The normalized spacial score (nSPS) is 12.7. The molecule has 0 aromatic heterocycles. The Morgan fingerprint density at radius 3 is 1.97 bits per heavy atom. The van der Waals surface area contributed by atoms with Gasteiger partial charge in [0, 0.05) is 18.0 Å². The van der Waals surface area contributed by atoms with Crippen LogP contribution in [-0.4, -0.2) is 36.7 Å². The van der Waals surface area contributed by atoms with Crippen molar-refractivity contribution in [3.8, 4) is 16.9 Å². The lowest BCUT2D eigenvalue weighted by Crippen LogP contribution is -2.32. The van der Waals surface area contributed by atoms with E-state index in [1.165, 1.54) is 5.56 Å². The number of rotatable bonds is 10. The number of benzene rings is 3. The molecule has 3 aromatic rings. The molecule has 0 saturated heterocycles. The van der Waals surface area contributed by atoms with Crippen molar-refractivity contribution < 1.29 is 19.4 Å². The van der Waals surface area contributed by atoms with Crippen LogP contribution < -0.4 is 15.8 Å². The quantitative estimate of drug-likeness (QED) is 0.414. The van der Waals surface area contributed by atoms with E-state index in [9.17, 15) is 9.59 Å². The second kappa shape index (κ2) is 11.5. The summed E-state index contributed by atoms with van der Waals surface area (Å²) in [7, 11) is 1.65. The van der Waals surface area contributed by atoms with Gasteiger partial charge in [0.25, 0.3) is 5.91 Å². The van der Waals surface area contributed by atoms with Gasteiger partial charge in [-0.25, -0.2) is 0 Å². The molecule has 0 bridgehead atoms. The molecule has 0 aliphatic rings. The standard InChI is InChI=1S/C28H32N2O4/c1-18(2)25(22-10-8-20(9-11-22)21-12-14-24(34-3)15-13-21)17-30-27(31)23-6-4-19(5-7-23)16-26(29)28(32)33/h4-15,18,25-26H,16-17,29H2,1-3H3,(H,30,31)(H,32,33)/t25-,26-/m1/s1. The van der Waals surface area contributed by atoms with Gasteiger partial charge in [-0.05, 0) is 58.9 Å². The van der Waals surface area contributed by atoms with Crippen LogP contribution in [0.25, 0.3) is 11.1 Å². The van der Waals surface area contributed by atoms with Crippen molar-refractivity contribution in [2.24, 2.45) is 11.7 Å². The predicted molar refractivity (Wildman–Crippen MR) is 134 cm³/mol. The number of aliphatic carboxylic acids is 1. The number of carbonyl (C=O) groups excluding carboxylic acids is 1. The van der Waals surface area contributed by atoms with Crippen molar-refractivity contribution in [1.29, 1.82) is 0 Å². The molecule has 2 atom stereocenters. The van der Waals surface area contributed by atoms with Crippen molar-refractivity contribution in [2.45, 2.75) is 32.2 Å². The van der Waals surface area contributed by atoms with Crippen LogP contribution in [0.2, 0.25) is 0 Å². The summed E-state index contributed by atoms with van der Waals surface area (Å²) in [6.45, 7) is 4.81. The van der Waals surface area contributed by atoms with E-state index in [0.717, 1.165) is 22.4 Å². The summed E-state index contributed by atoms with van der Waals surface area (Å²) >= 11 is 0. The van der Waals surface area contributed by atoms with Crippen LogP contribution in [0.3, 0.4) is 0 Å². The zero-order valence-corrected chi connectivity index (χ0v) is 19.8. The molecule has 0 aliphatic heterocycles. The van der Waals surface area contributed by atoms with Gasteiger partial charge in [0.1, 0.15) is 11.8 Å². The lowest BCUT2D eigenvalue weighted by molar-refractivity contribution is -0.138. The van der Waals surface area contributed by atoms with Gasteiger partial charge in [0.15, 0.2) is 0 Å². The van der Waals surface area contributed by atoms with E-state index in [1.54, 1.807) is 31.4 Å². The second-order valence-corrected chi connectivity index (χ2v) is 8.76. The predicted octanol–water partition coefficient (Wildman–Crippen LogP) is 4.49. The van der Waals surface area contributed by atoms with Crippen LogP contribution in [0.4, 0.5) is 0 Å². The zero-order valence-electron chi connectivity index (χ0n) is 19.8. The summed E-state index contributed by atoms with van der Waals surface area (Å²) in [5.41, 5.74) is 10.3. The molecule has 0 saturated carbocycles. The Bertz CT molecular complexity index is 1090. The Hall–Kier alpha value is -3.64. The largest absolute Gasteiger partial charge is 0.497 e. The Labute approximate surface area is 200 Å². The first kappa shape index (κ1) is 25.0. The fraction of sp³-hybridized carbons (Fsp3) is 0.286. The van der Waals surface area contributed by atoms with Crippen LogP contribution in [0.15, 0.2) is 72.8 Å². The lowest BCUT2D eigenvalue weighted by atomic mass is 9.87. The van der Waals surface area contributed by atoms with Crippen molar-refractivity contribution in [3.05, 3.63) is 89.5 Å². The highest BCUT2D eigenvalue weighted by molar-refractivity contribution is 5.94. The van der Waals surface area contributed by atoms with Crippen molar-refractivity contribution in [2.75, 3.05) is 13.7 Å². The number of nitrogens with two attached hydrogens (primary N) is 1. The fourth-order valence-electron chi connectivity index (χ4n) is 3.88. The summed E-state index contributed by atoms with van der Waals surface area (Å²) < 4.78 is 5.23. The number of methoxy groups -OCH3 is 1. The number of nitrogens with one attached hydrogen (secondary N) is 1. The average molecular weight is 461 g/mol. The number of carboxylic acid groups (broad SMARTS) is 1. The summed E-state index contributed by atoms with van der Waals surface area (Å²) in [5.74, 6) is 0.136. The zero-order chi connectivity index (χ0) is 24.7. The third kappa shape index (κ3) is 6.45. The number of amides is 1. The lowest BCUT2D eigenvalue weighted by Gasteiger charge is -2.22. The topological polar surface area (TPSA) is 102 Å². The molecule has 178 valence electrons. The van der Waals surface area contributed by atoms with Crippen LogP contribution in [-0.2, 0) is 11.2 Å². The van der Waals surface area contributed by atoms with Gasteiger partial charge in [-0.1, -0.05) is 62.4 Å². The SMILES string of the molecule is COc1ccc(-c2ccc([C@H](CNC(=O)c3ccc(C[C@@H](N)C(=O)O)cc3)C(C)C)cc2)cc1. The molecule has 0 unspecified atom stereocenters. The van der Waals surface area contributed by atoms with E-state index in [1.807, 2.05) is 24.3 Å². The van der Waals surface area contributed by atoms with Gasteiger partial charge in [-0.3, -0.25) is 9.59 Å². The number of carbonyl (C=O) groups is 2. The van der Waals surface area contributed by atoms with Crippen LogP contribution >= 0.6 is 0 Å². The first-order chi connectivity index (χ1) is 16.3. The minimum atomic E-state index is -1.04. The van der Waals surface area contributed by atoms with Gasteiger partial charge < -0.3 is 20.9 Å². The molecule has 0 fully saturated rings. The van der Waals surface area contributed by atoms with Gasteiger partial charge in [0.2, 0.25) is 0 Å². The molecule has 3 rings (SSSR count). The summed E-state index contributed by atoms with van der Waals surface area (Å²) in [5, 5.41) is 12.0. The monoisotopic (exact) mass is 460 g/mol. The molecule has 0 aliphatic carbocycles. The number of hydrogen-bond donors (Lipinski definition) is 3. The molecule has 34 heavy (non-hydrogen) atoms. The minimum Gasteiger partial charge on any atom is -0.497 e.